The Labute approximate surface area is 104 Å². The van der Waals surface area contributed by atoms with Gasteiger partial charge in [-0.3, -0.25) is 9.00 Å². The normalized spacial score (nSPS) is 14.2. The molecule has 0 aromatic heterocycles. The lowest BCUT2D eigenvalue weighted by Gasteiger charge is -2.09. The second-order valence-electron chi connectivity index (χ2n) is 3.97. The maximum absolute atomic E-state index is 11.8. The average Bonchev–Trinajstić information content (AvgIpc) is 2.30. The van der Waals surface area contributed by atoms with Gasteiger partial charge in [0.15, 0.2) is 0 Å². The van der Waals surface area contributed by atoms with E-state index in [4.69, 9.17) is 0 Å². The summed E-state index contributed by atoms with van der Waals surface area (Å²) in [5, 5.41) is 9.66. The first kappa shape index (κ1) is 14.1. The molecule has 0 bridgehead atoms. The van der Waals surface area contributed by atoms with Crippen molar-refractivity contribution < 1.29 is 14.1 Å². The van der Waals surface area contributed by atoms with Gasteiger partial charge in [0, 0.05) is 17.7 Å². The number of hydrogen-bond acceptors (Lipinski definition) is 3. The van der Waals surface area contributed by atoms with Gasteiger partial charge in [-0.05, 0) is 18.6 Å². The van der Waals surface area contributed by atoms with Crippen molar-refractivity contribution in [3.63, 3.8) is 0 Å². The third-order valence-corrected chi connectivity index (χ3v) is 3.83. The molecule has 0 saturated carbocycles. The van der Waals surface area contributed by atoms with E-state index in [0.29, 0.717) is 11.3 Å². The minimum Gasteiger partial charge on any atom is -0.392 e. The lowest BCUT2D eigenvalue weighted by molar-refractivity contribution is -0.120. The van der Waals surface area contributed by atoms with Gasteiger partial charge in [0.1, 0.15) is 5.78 Å². The van der Waals surface area contributed by atoms with E-state index >= 15 is 0 Å². The lowest BCUT2D eigenvalue weighted by atomic mass is 10.1. The molecule has 0 heterocycles. The van der Waals surface area contributed by atoms with Crippen LogP contribution in [0.5, 0.6) is 0 Å². The van der Waals surface area contributed by atoms with E-state index in [9.17, 15) is 14.1 Å². The molecule has 2 atom stereocenters. The van der Waals surface area contributed by atoms with E-state index < -0.39 is 16.9 Å². The van der Waals surface area contributed by atoms with Crippen molar-refractivity contribution in [2.45, 2.75) is 37.2 Å². The average molecular weight is 254 g/mol. The summed E-state index contributed by atoms with van der Waals surface area (Å²) in [5.41, 5.74) is 0. The van der Waals surface area contributed by atoms with Crippen molar-refractivity contribution in [3.8, 4) is 0 Å². The molecule has 94 valence electrons. The van der Waals surface area contributed by atoms with E-state index in [0.717, 1.165) is 6.42 Å². The molecule has 0 aliphatic rings. The zero-order chi connectivity index (χ0) is 12.7. The van der Waals surface area contributed by atoms with Gasteiger partial charge in [0.2, 0.25) is 0 Å². The molecule has 0 saturated heterocycles. The number of carbonyl (C=O) groups excluding carboxylic acids is 1. The highest BCUT2D eigenvalue weighted by atomic mass is 32.2. The summed E-state index contributed by atoms with van der Waals surface area (Å²) in [4.78, 5) is 12.0. The van der Waals surface area contributed by atoms with Crippen molar-refractivity contribution in [3.05, 3.63) is 30.3 Å². The zero-order valence-electron chi connectivity index (χ0n) is 9.96. The Hall–Kier alpha value is -1.00. The Morgan fingerprint density at radius 3 is 2.59 bits per heavy atom. The van der Waals surface area contributed by atoms with Crippen LogP contribution in [-0.4, -0.2) is 27.0 Å². The maximum Gasteiger partial charge on any atom is 0.135 e. The third-order valence-electron chi connectivity index (χ3n) is 2.34. The fourth-order valence-corrected chi connectivity index (χ4v) is 2.67. The van der Waals surface area contributed by atoms with Crippen LogP contribution in [0.2, 0.25) is 0 Å². The van der Waals surface area contributed by atoms with Gasteiger partial charge in [0.05, 0.1) is 22.7 Å². The highest BCUT2D eigenvalue weighted by Gasteiger charge is 2.14. The summed E-state index contributed by atoms with van der Waals surface area (Å²) in [7, 11) is -1.24. The quantitative estimate of drug-likeness (QED) is 0.808. The largest absolute Gasteiger partial charge is 0.392 e. The van der Waals surface area contributed by atoms with Crippen LogP contribution in [0.4, 0.5) is 0 Å². The first-order valence-electron chi connectivity index (χ1n) is 5.76. The molecule has 4 heteroatoms. The van der Waals surface area contributed by atoms with Crippen LogP contribution in [0.1, 0.15) is 26.2 Å². The van der Waals surface area contributed by atoms with Gasteiger partial charge in [-0.2, -0.15) is 0 Å². The summed E-state index contributed by atoms with van der Waals surface area (Å²) in [6.45, 7) is 1.92. The van der Waals surface area contributed by atoms with Crippen LogP contribution in [-0.2, 0) is 15.6 Å². The van der Waals surface area contributed by atoms with Gasteiger partial charge in [-0.1, -0.05) is 25.1 Å². The first-order valence-corrected chi connectivity index (χ1v) is 7.08. The number of carbonyl (C=O) groups is 1. The molecule has 1 aromatic carbocycles. The fraction of sp³-hybridized carbons (Fsp3) is 0.462. The number of ketones is 1. The van der Waals surface area contributed by atoms with Crippen LogP contribution >= 0.6 is 0 Å². The monoisotopic (exact) mass is 254 g/mol. The third kappa shape index (κ3) is 5.24. The van der Waals surface area contributed by atoms with Gasteiger partial charge in [-0.15, -0.1) is 0 Å². The van der Waals surface area contributed by atoms with Crippen molar-refractivity contribution in [2.75, 3.05) is 5.75 Å². The second kappa shape index (κ2) is 7.35. The van der Waals surface area contributed by atoms with Crippen LogP contribution in [0.25, 0.3) is 0 Å². The molecule has 1 aromatic rings. The van der Waals surface area contributed by atoms with Gasteiger partial charge in [-0.25, -0.2) is 0 Å². The molecule has 3 nitrogen and oxygen atoms in total. The fourth-order valence-electron chi connectivity index (χ4n) is 1.55. The molecule has 0 amide bonds. The highest BCUT2D eigenvalue weighted by molar-refractivity contribution is 7.85. The summed E-state index contributed by atoms with van der Waals surface area (Å²) in [5.74, 6) is 0.157. The predicted octanol–water partition coefficient (Wildman–Crippen LogP) is 1.91. The molecular formula is C13H18O3S. The Morgan fingerprint density at radius 2 is 2.00 bits per heavy atom. The Kier molecular flexibility index (Phi) is 6.08. The van der Waals surface area contributed by atoms with Crippen LogP contribution in [0.3, 0.4) is 0 Å². The summed E-state index contributed by atoms with van der Waals surface area (Å²) in [6.07, 6.45) is 0.560. The Bertz CT molecular complexity index is 376. The summed E-state index contributed by atoms with van der Waals surface area (Å²) >= 11 is 0. The van der Waals surface area contributed by atoms with Gasteiger partial charge >= 0.3 is 0 Å². The highest BCUT2D eigenvalue weighted by Crippen LogP contribution is 2.09. The zero-order valence-corrected chi connectivity index (χ0v) is 10.8. The van der Waals surface area contributed by atoms with Gasteiger partial charge < -0.3 is 5.11 Å². The van der Waals surface area contributed by atoms with Crippen LogP contribution < -0.4 is 0 Å². The molecule has 0 aliphatic heterocycles. The summed E-state index contributed by atoms with van der Waals surface area (Å²) < 4.78 is 11.8. The molecule has 1 rings (SSSR count). The summed E-state index contributed by atoms with van der Waals surface area (Å²) in [6, 6.07) is 8.99. The molecule has 0 aliphatic carbocycles. The molecule has 17 heavy (non-hydrogen) atoms. The van der Waals surface area contributed by atoms with Crippen LogP contribution in [0.15, 0.2) is 35.2 Å². The number of rotatable bonds is 7. The SMILES string of the molecule is CCCC(=O)C[C@@H](O)CS(=O)c1ccccc1. The molecule has 0 fully saturated rings. The van der Waals surface area contributed by atoms with E-state index in [-0.39, 0.29) is 18.0 Å². The lowest BCUT2D eigenvalue weighted by Crippen LogP contribution is -2.20. The minimum atomic E-state index is -1.24. The van der Waals surface area contributed by atoms with Crippen molar-refractivity contribution in [2.24, 2.45) is 0 Å². The predicted molar refractivity (Wildman–Crippen MR) is 68.3 cm³/mol. The Morgan fingerprint density at radius 1 is 1.35 bits per heavy atom. The maximum atomic E-state index is 11.8. The van der Waals surface area contributed by atoms with Crippen LogP contribution in [0, 0.1) is 0 Å². The Balaban J connectivity index is 2.44. The second-order valence-corrected chi connectivity index (χ2v) is 5.47. The number of benzene rings is 1. The molecule has 1 unspecified atom stereocenters. The van der Waals surface area contributed by atoms with Crippen molar-refractivity contribution in [1.29, 1.82) is 0 Å². The van der Waals surface area contributed by atoms with E-state index in [2.05, 4.69) is 0 Å². The molecule has 0 radical (unpaired) electrons. The van der Waals surface area contributed by atoms with Crippen molar-refractivity contribution in [1.82, 2.24) is 0 Å². The smallest absolute Gasteiger partial charge is 0.135 e. The number of aliphatic hydroxyl groups is 1. The molecular weight excluding hydrogens is 236 g/mol. The van der Waals surface area contributed by atoms with Crippen molar-refractivity contribution >= 4 is 16.6 Å². The van der Waals surface area contributed by atoms with E-state index in [1.54, 1.807) is 12.1 Å². The number of aliphatic hydroxyl groups excluding tert-OH is 1. The van der Waals surface area contributed by atoms with E-state index in [1.165, 1.54) is 0 Å². The molecule has 1 N–H and O–H groups in total. The first-order chi connectivity index (χ1) is 8.13. The topological polar surface area (TPSA) is 54.4 Å². The minimum absolute atomic E-state index is 0.0325. The number of hydrogen-bond donors (Lipinski definition) is 1. The number of Topliss-reactive ketones (excluding diaryl/α,β-unsaturated/α-hetero) is 1. The molecule has 0 spiro atoms. The van der Waals surface area contributed by atoms with E-state index in [1.807, 2.05) is 25.1 Å². The standard InChI is InChI=1S/C13H18O3S/c1-2-6-11(14)9-12(15)10-17(16)13-7-4-3-5-8-13/h3-5,7-8,12,15H,2,6,9-10H2,1H3/t12-,17?/m1/s1. The van der Waals surface area contributed by atoms with Gasteiger partial charge in [0.25, 0.3) is 0 Å².